The zero-order valence-electron chi connectivity index (χ0n) is 13.3. The van der Waals surface area contributed by atoms with E-state index in [-0.39, 0.29) is 12.1 Å². The van der Waals surface area contributed by atoms with Crippen LogP contribution in [0.2, 0.25) is 0 Å². The minimum Gasteiger partial charge on any atom is -0.484 e. The maximum Gasteiger partial charge on any atom is 0.139 e. The first-order valence-corrected chi connectivity index (χ1v) is 7.56. The molecule has 0 fully saturated rings. The second-order valence-electron chi connectivity index (χ2n) is 5.98. The second kappa shape index (κ2) is 6.77. The van der Waals surface area contributed by atoms with Crippen molar-refractivity contribution in [2.45, 2.75) is 45.8 Å². The summed E-state index contributed by atoms with van der Waals surface area (Å²) in [5, 5.41) is 0. The Morgan fingerprint density at radius 3 is 2.05 bits per heavy atom. The summed E-state index contributed by atoms with van der Waals surface area (Å²) < 4.78 is 6.15. The van der Waals surface area contributed by atoms with Crippen molar-refractivity contribution in [3.8, 4) is 5.75 Å². The lowest BCUT2D eigenvalue weighted by Gasteiger charge is -2.24. The van der Waals surface area contributed by atoms with Gasteiger partial charge in [0.2, 0.25) is 0 Å². The van der Waals surface area contributed by atoms with Gasteiger partial charge in [-0.15, -0.1) is 0 Å². The molecular weight excluding hydrogens is 258 g/mol. The Kier molecular flexibility index (Phi) is 5.03. The van der Waals surface area contributed by atoms with Crippen LogP contribution in [0, 0.1) is 6.92 Å². The number of nitrogens with two attached hydrogens (primary N) is 1. The van der Waals surface area contributed by atoms with Crippen LogP contribution < -0.4 is 10.5 Å². The molecule has 112 valence electrons. The molecule has 2 atom stereocenters. The SMILES string of the molecule is Cc1ccccc1C(Oc1ccc(C(C)C)cc1)C(C)N. The fraction of sp³-hybridized carbons (Fsp3) is 0.368. The van der Waals surface area contributed by atoms with Gasteiger partial charge in [-0.1, -0.05) is 50.2 Å². The molecule has 0 aliphatic carbocycles. The molecule has 0 bridgehead atoms. The molecule has 0 heterocycles. The molecule has 0 aromatic heterocycles. The van der Waals surface area contributed by atoms with Crippen LogP contribution in [0.15, 0.2) is 48.5 Å². The van der Waals surface area contributed by atoms with Gasteiger partial charge in [-0.25, -0.2) is 0 Å². The number of hydrogen-bond donors (Lipinski definition) is 1. The lowest BCUT2D eigenvalue weighted by atomic mass is 9.99. The highest BCUT2D eigenvalue weighted by Gasteiger charge is 2.19. The van der Waals surface area contributed by atoms with E-state index in [1.807, 2.05) is 31.2 Å². The van der Waals surface area contributed by atoms with Crippen LogP contribution in [-0.2, 0) is 0 Å². The van der Waals surface area contributed by atoms with Crippen LogP contribution in [0.4, 0.5) is 0 Å². The Morgan fingerprint density at radius 2 is 1.52 bits per heavy atom. The first kappa shape index (κ1) is 15.6. The molecule has 2 unspecified atom stereocenters. The summed E-state index contributed by atoms with van der Waals surface area (Å²) in [5.41, 5.74) is 9.81. The molecule has 0 aliphatic rings. The average molecular weight is 283 g/mol. The van der Waals surface area contributed by atoms with Crippen LogP contribution in [0.25, 0.3) is 0 Å². The Balaban J connectivity index is 2.23. The Morgan fingerprint density at radius 1 is 0.905 bits per heavy atom. The quantitative estimate of drug-likeness (QED) is 0.871. The molecule has 0 spiro atoms. The van der Waals surface area contributed by atoms with Gasteiger partial charge in [-0.05, 0) is 48.6 Å². The van der Waals surface area contributed by atoms with Gasteiger partial charge in [0.15, 0.2) is 0 Å². The van der Waals surface area contributed by atoms with Crippen LogP contribution >= 0.6 is 0 Å². The van der Waals surface area contributed by atoms with Gasteiger partial charge in [0.05, 0.1) is 0 Å². The van der Waals surface area contributed by atoms with Crippen molar-refractivity contribution in [1.82, 2.24) is 0 Å². The molecule has 0 amide bonds. The molecule has 21 heavy (non-hydrogen) atoms. The summed E-state index contributed by atoms with van der Waals surface area (Å²) in [6.07, 6.45) is -0.129. The number of hydrogen-bond acceptors (Lipinski definition) is 2. The summed E-state index contributed by atoms with van der Waals surface area (Å²) >= 11 is 0. The molecule has 0 radical (unpaired) electrons. The summed E-state index contributed by atoms with van der Waals surface area (Å²) in [4.78, 5) is 0. The Hall–Kier alpha value is -1.80. The molecule has 0 aliphatic heterocycles. The number of rotatable bonds is 5. The predicted octanol–water partition coefficient (Wildman–Crippen LogP) is 4.59. The van der Waals surface area contributed by atoms with Crippen molar-refractivity contribution < 1.29 is 4.74 Å². The van der Waals surface area contributed by atoms with E-state index in [0.717, 1.165) is 11.3 Å². The molecule has 2 aromatic rings. The highest BCUT2D eigenvalue weighted by atomic mass is 16.5. The lowest BCUT2D eigenvalue weighted by molar-refractivity contribution is 0.179. The van der Waals surface area contributed by atoms with E-state index < -0.39 is 0 Å². The van der Waals surface area contributed by atoms with E-state index in [2.05, 4.69) is 45.0 Å². The predicted molar refractivity (Wildman–Crippen MR) is 88.7 cm³/mol. The largest absolute Gasteiger partial charge is 0.484 e. The van der Waals surface area contributed by atoms with E-state index in [9.17, 15) is 0 Å². The third-order valence-corrected chi connectivity index (χ3v) is 3.78. The second-order valence-corrected chi connectivity index (χ2v) is 5.98. The maximum atomic E-state index is 6.15. The highest BCUT2D eigenvalue weighted by Crippen LogP contribution is 2.27. The normalized spacial score (nSPS) is 14.0. The third kappa shape index (κ3) is 3.85. The monoisotopic (exact) mass is 283 g/mol. The van der Waals surface area contributed by atoms with Crippen molar-refractivity contribution in [3.05, 3.63) is 65.2 Å². The number of aryl methyl sites for hydroxylation is 1. The topological polar surface area (TPSA) is 35.2 Å². The van der Waals surface area contributed by atoms with Gasteiger partial charge < -0.3 is 10.5 Å². The number of benzene rings is 2. The summed E-state index contributed by atoms with van der Waals surface area (Å²) in [6.45, 7) is 8.46. The zero-order chi connectivity index (χ0) is 15.4. The first-order valence-electron chi connectivity index (χ1n) is 7.56. The van der Waals surface area contributed by atoms with Crippen molar-refractivity contribution in [2.24, 2.45) is 5.73 Å². The van der Waals surface area contributed by atoms with Crippen molar-refractivity contribution in [3.63, 3.8) is 0 Å². The summed E-state index contributed by atoms with van der Waals surface area (Å²) in [5.74, 6) is 1.39. The summed E-state index contributed by atoms with van der Waals surface area (Å²) in [7, 11) is 0. The van der Waals surface area contributed by atoms with E-state index in [1.54, 1.807) is 0 Å². The van der Waals surface area contributed by atoms with Gasteiger partial charge in [-0.2, -0.15) is 0 Å². The Labute approximate surface area is 127 Å². The van der Waals surface area contributed by atoms with Crippen LogP contribution in [0.1, 0.15) is 49.5 Å². The smallest absolute Gasteiger partial charge is 0.139 e. The molecule has 2 heteroatoms. The lowest BCUT2D eigenvalue weighted by Crippen LogP contribution is -2.29. The van der Waals surface area contributed by atoms with E-state index in [0.29, 0.717) is 5.92 Å². The van der Waals surface area contributed by atoms with Crippen LogP contribution in [-0.4, -0.2) is 6.04 Å². The van der Waals surface area contributed by atoms with Crippen molar-refractivity contribution in [2.75, 3.05) is 0 Å². The molecule has 2 aromatic carbocycles. The molecule has 2 rings (SSSR count). The maximum absolute atomic E-state index is 6.15. The van der Waals surface area contributed by atoms with E-state index >= 15 is 0 Å². The van der Waals surface area contributed by atoms with Crippen LogP contribution in [0.5, 0.6) is 5.75 Å². The molecule has 0 saturated heterocycles. The van der Waals surface area contributed by atoms with Gasteiger partial charge in [0.1, 0.15) is 11.9 Å². The minimum atomic E-state index is -0.129. The fourth-order valence-electron chi connectivity index (χ4n) is 2.44. The van der Waals surface area contributed by atoms with Crippen molar-refractivity contribution >= 4 is 0 Å². The van der Waals surface area contributed by atoms with E-state index in [4.69, 9.17) is 10.5 Å². The highest BCUT2D eigenvalue weighted by molar-refractivity contribution is 5.33. The van der Waals surface area contributed by atoms with Gasteiger partial charge in [0.25, 0.3) is 0 Å². The molecular formula is C19H25NO. The molecule has 0 saturated carbocycles. The fourth-order valence-corrected chi connectivity index (χ4v) is 2.44. The Bertz CT molecular complexity index is 572. The van der Waals surface area contributed by atoms with E-state index in [1.165, 1.54) is 11.1 Å². The first-order chi connectivity index (χ1) is 9.99. The minimum absolute atomic E-state index is 0.0733. The standard InChI is InChI=1S/C19H25NO/c1-13(2)16-9-11-17(12-10-16)21-19(15(4)20)18-8-6-5-7-14(18)3/h5-13,15,19H,20H2,1-4H3. The molecule has 2 N–H and O–H groups in total. The third-order valence-electron chi connectivity index (χ3n) is 3.78. The van der Waals surface area contributed by atoms with Crippen LogP contribution in [0.3, 0.4) is 0 Å². The summed E-state index contributed by atoms with van der Waals surface area (Å²) in [6, 6.07) is 16.5. The average Bonchev–Trinajstić information content (AvgIpc) is 2.46. The molecule has 2 nitrogen and oxygen atoms in total. The van der Waals surface area contributed by atoms with Crippen molar-refractivity contribution in [1.29, 1.82) is 0 Å². The number of ether oxygens (including phenoxy) is 1. The van der Waals surface area contributed by atoms with Gasteiger partial charge in [0, 0.05) is 6.04 Å². The zero-order valence-corrected chi connectivity index (χ0v) is 13.3. The van der Waals surface area contributed by atoms with Gasteiger partial charge in [-0.3, -0.25) is 0 Å². The van der Waals surface area contributed by atoms with Gasteiger partial charge >= 0.3 is 0 Å².